The maximum atomic E-state index is 10.8. The van der Waals surface area contributed by atoms with E-state index in [9.17, 15) is 9.59 Å². The van der Waals surface area contributed by atoms with Crippen LogP contribution < -0.4 is 0 Å². The van der Waals surface area contributed by atoms with E-state index in [0.717, 1.165) is 0 Å². The highest BCUT2D eigenvalue weighted by Crippen LogP contribution is 1.99. The van der Waals surface area contributed by atoms with E-state index in [2.05, 4.69) is 4.74 Å². The summed E-state index contributed by atoms with van der Waals surface area (Å²) in [6.45, 7) is 2.54. The van der Waals surface area contributed by atoms with Gasteiger partial charge in [0.1, 0.15) is 0 Å². The van der Waals surface area contributed by atoms with E-state index >= 15 is 0 Å². The first-order valence-electron chi connectivity index (χ1n) is 4.13. The van der Waals surface area contributed by atoms with E-state index < -0.39 is 30.3 Å². The Labute approximate surface area is 81.1 Å². The molecule has 0 amide bonds. The van der Waals surface area contributed by atoms with Gasteiger partial charge in [-0.05, 0) is 13.8 Å². The Bertz CT molecular complexity index is 210. The fourth-order valence-corrected chi connectivity index (χ4v) is 0.652. The van der Waals surface area contributed by atoms with E-state index in [1.54, 1.807) is 0 Å². The topological polar surface area (TPSA) is 104 Å². The monoisotopic (exact) mass is 206 g/mol. The molecule has 0 aliphatic carbocycles. The minimum Gasteiger partial charge on any atom is -0.393 e. The summed E-state index contributed by atoms with van der Waals surface area (Å²) in [7, 11) is 0. The summed E-state index contributed by atoms with van der Waals surface area (Å²) < 4.78 is 4.14. The molecule has 82 valence electrons. The van der Waals surface area contributed by atoms with Crippen molar-refractivity contribution in [3.05, 3.63) is 0 Å². The van der Waals surface area contributed by atoms with Crippen LogP contribution in [0.4, 0.5) is 0 Å². The zero-order chi connectivity index (χ0) is 11.3. The molecule has 0 bridgehead atoms. The Hall–Kier alpha value is -0.980. The van der Waals surface area contributed by atoms with Gasteiger partial charge in [0.05, 0.1) is 18.6 Å². The molecule has 0 rings (SSSR count). The van der Waals surface area contributed by atoms with Crippen molar-refractivity contribution < 1.29 is 29.6 Å². The second-order valence-corrected chi connectivity index (χ2v) is 3.03. The summed E-state index contributed by atoms with van der Waals surface area (Å²) >= 11 is 0. The third kappa shape index (κ3) is 4.90. The fraction of sp³-hybridized carbons (Fsp3) is 0.750. The zero-order valence-electron chi connectivity index (χ0n) is 8.01. The standard InChI is InChI=1S/C8H14O6/c1-4(9)3-6(11)14-8(13)7(12)5(2)10/h4-5,7,9-10,12H,3H2,1-2H3/t4-,5-,7-/m0/s1. The van der Waals surface area contributed by atoms with E-state index in [1.807, 2.05) is 0 Å². The summed E-state index contributed by atoms with van der Waals surface area (Å²) in [5.41, 5.74) is 0. The molecule has 3 N–H and O–H groups in total. The molecule has 6 nitrogen and oxygen atoms in total. The number of carbonyl (C=O) groups excluding carboxylic acids is 2. The minimum atomic E-state index is -1.74. The third-order valence-electron chi connectivity index (χ3n) is 1.37. The van der Waals surface area contributed by atoms with Crippen LogP contribution in [-0.4, -0.2) is 45.6 Å². The first kappa shape index (κ1) is 13.0. The molecule has 0 unspecified atom stereocenters. The van der Waals surface area contributed by atoms with Crippen molar-refractivity contribution in [1.82, 2.24) is 0 Å². The molecular formula is C8H14O6. The Balaban J connectivity index is 4.00. The Morgan fingerprint density at radius 2 is 1.71 bits per heavy atom. The average Bonchev–Trinajstić information content (AvgIpc) is 2.00. The van der Waals surface area contributed by atoms with E-state index in [1.165, 1.54) is 13.8 Å². The van der Waals surface area contributed by atoms with Gasteiger partial charge in [-0.25, -0.2) is 4.79 Å². The van der Waals surface area contributed by atoms with Gasteiger partial charge in [-0.3, -0.25) is 4.79 Å². The number of aliphatic hydroxyl groups is 3. The van der Waals surface area contributed by atoms with Crippen molar-refractivity contribution in [1.29, 1.82) is 0 Å². The normalized spacial score (nSPS) is 16.9. The molecule has 0 aromatic carbocycles. The molecule has 0 aliphatic heterocycles. The maximum Gasteiger partial charge on any atom is 0.345 e. The molecule has 3 atom stereocenters. The largest absolute Gasteiger partial charge is 0.393 e. The Morgan fingerprint density at radius 3 is 2.07 bits per heavy atom. The molecule has 14 heavy (non-hydrogen) atoms. The van der Waals surface area contributed by atoms with Crippen LogP contribution in [-0.2, 0) is 14.3 Å². The lowest BCUT2D eigenvalue weighted by Gasteiger charge is -2.11. The minimum absolute atomic E-state index is 0.335. The smallest absolute Gasteiger partial charge is 0.345 e. The summed E-state index contributed by atoms with van der Waals surface area (Å²) in [6, 6.07) is 0. The van der Waals surface area contributed by atoms with Crippen molar-refractivity contribution >= 4 is 11.9 Å². The highest BCUT2D eigenvalue weighted by atomic mass is 16.6. The summed E-state index contributed by atoms with van der Waals surface area (Å²) in [4.78, 5) is 21.6. The number of rotatable bonds is 4. The van der Waals surface area contributed by atoms with Crippen LogP contribution in [0.25, 0.3) is 0 Å². The van der Waals surface area contributed by atoms with Gasteiger partial charge >= 0.3 is 11.9 Å². The second-order valence-electron chi connectivity index (χ2n) is 3.03. The number of hydrogen-bond donors (Lipinski definition) is 3. The van der Waals surface area contributed by atoms with Crippen LogP contribution in [0.1, 0.15) is 20.3 Å². The Kier molecular flexibility index (Phi) is 5.29. The average molecular weight is 206 g/mol. The lowest BCUT2D eigenvalue weighted by molar-refractivity contribution is -0.170. The molecule has 0 saturated heterocycles. The first-order chi connectivity index (χ1) is 6.34. The highest BCUT2D eigenvalue weighted by Gasteiger charge is 2.24. The van der Waals surface area contributed by atoms with Crippen LogP contribution in [0, 0.1) is 0 Å². The van der Waals surface area contributed by atoms with Crippen molar-refractivity contribution in [2.75, 3.05) is 0 Å². The van der Waals surface area contributed by atoms with Gasteiger partial charge in [0.2, 0.25) is 0 Å². The Morgan fingerprint density at radius 1 is 1.21 bits per heavy atom. The van der Waals surface area contributed by atoms with Crippen molar-refractivity contribution in [2.24, 2.45) is 0 Å². The summed E-state index contributed by atoms with van der Waals surface area (Å²) in [5.74, 6) is -2.16. The molecule has 0 aliphatic rings. The number of esters is 2. The predicted octanol–water partition coefficient (Wildman–Crippen LogP) is -1.43. The van der Waals surface area contributed by atoms with Crippen molar-refractivity contribution in [3.8, 4) is 0 Å². The van der Waals surface area contributed by atoms with Gasteiger partial charge in [0.15, 0.2) is 6.10 Å². The van der Waals surface area contributed by atoms with Crippen LogP contribution in [0.3, 0.4) is 0 Å². The molecule has 0 fully saturated rings. The summed E-state index contributed by atoms with van der Waals surface area (Å²) in [6.07, 6.45) is -4.30. The number of aliphatic hydroxyl groups excluding tert-OH is 3. The lowest BCUT2D eigenvalue weighted by Crippen LogP contribution is -2.35. The molecule has 0 aromatic heterocycles. The molecular weight excluding hydrogens is 192 g/mol. The number of carbonyl (C=O) groups is 2. The van der Waals surface area contributed by atoms with Crippen LogP contribution >= 0.6 is 0 Å². The molecule has 6 heteroatoms. The van der Waals surface area contributed by atoms with Gasteiger partial charge in [0, 0.05) is 0 Å². The molecule has 0 radical (unpaired) electrons. The fourth-order valence-electron chi connectivity index (χ4n) is 0.652. The maximum absolute atomic E-state index is 10.8. The van der Waals surface area contributed by atoms with Gasteiger partial charge in [-0.2, -0.15) is 0 Å². The van der Waals surface area contributed by atoms with Crippen LogP contribution in [0.15, 0.2) is 0 Å². The van der Waals surface area contributed by atoms with E-state index in [4.69, 9.17) is 15.3 Å². The van der Waals surface area contributed by atoms with Gasteiger partial charge in [-0.15, -0.1) is 0 Å². The van der Waals surface area contributed by atoms with Gasteiger partial charge in [0.25, 0.3) is 0 Å². The van der Waals surface area contributed by atoms with Gasteiger partial charge in [-0.1, -0.05) is 0 Å². The highest BCUT2D eigenvalue weighted by molar-refractivity contribution is 5.88. The van der Waals surface area contributed by atoms with E-state index in [-0.39, 0.29) is 6.42 Å². The zero-order valence-corrected chi connectivity index (χ0v) is 8.01. The second kappa shape index (κ2) is 5.69. The van der Waals surface area contributed by atoms with Gasteiger partial charge < -0.3 is 20.1 Å². The first-order valence-corrected chi connectivity index (χ1v) is 4.13. The molecule has 0 heterocycles. The SMILES string of the molecule is C[C@H](O)CC(=O)OC(=O)[C@@H](O)[C@H](C)O. The van der Waals surface area contributed by atoms with Crippen LogP contribution in [0.2, 0.25) is 0 Å². The lowest BCUT2D eigenvalue weighted by atomic mass is 10.2. The quantitative estimate of drug-likeness (QED) is 0.385. The van der Waals surface area contributed by atoms with Crippen molar-refractivity contribution in [3.63, 3.8) is 0 Å². The summed E-state index contributed by atoms with van der Waals surface area (Å²) in [5, 5.41) is 26.5. The van der Waals surface area contributed by atoms with Crippen LogP contribution in [0.5, 0.6) is 0 Å². The van der Waals surface area contributed by atoms with Crippen molar-refractivity contribution in [2.45, 2.75) is 38.6 Å². The number of ether oxygens (including phenoxy) is 1. The van der Waals surface area contributed by atoms with E-state index in [0.29, 0.717) is 0 Å². The third-order valence-corrected chi connectivity index (χ3v) is 1.37. The molecule has 0 aromatic rings. The number of hydrogen-bond acceptors (Lipinski definition) is 6. The molecule has 0 saturated carbocycles. The predicted molar refractivity (Wildman–Crippen MR) is 45.1 cm³/mol. The molecule has 0 spiro atoms.